The van der Waals surface area contributed by atoms with E-state index in [4.69, 9.17) is 11.6 Å². The normalized spacial score (nSPS) is 11.2. The van der Waals surface area contributed by atoms with Gasteiger partial charge in [0.2, 0.25) is 5.43 Å². The van der Waals surface area contributed by atoms with Crippen LogP contribution < -0.4 is 10.2 Å². The van der Waals surface area contributed by atoms with E-state index in [1.807, 2.05) is 0 Å². The van der Waals surface area contributed by atoms with Crippen molar-refractivity contribution in [3.05, 3.63) is 58.0 Å². The molecule has 0 radical (unpaired) electrons. The maximum atomic E-state index is 11.9. The molecule has 94 valence electrons. The fourth-order valence-electron chi connectivity index (χ4n) is 1.34. The Morgan fingerprint density at radius 3 is 2.39 bits per heavy atom. The number of nitrogens with one attached hydrogen (secondary N) is 2. The lowest BCUT2D eigenvalue weighted by Crippen LogP contribution is -2.20. The zero-order valence-corrected chi connectivity index (χ0v) is 10.6. The number of anilines is 1. The Labute approximate surface area is 108 Å². The Hall–Kier alpha value is -1.79. The molecule has 18 heavy (non-hydrogen) atoms. The van der Waals surface area contributed by atoms with Crippen LogP contribution in [0.25, 0.3) is 0 Å². The van der Waals surface area contributed by atoms with Crippen LogP contribution in [0.3, 0.4) is 0 Å². The Balaban J connectivity index is 2.36. The van der Waals surface area contributed by atoms with Gasteiger partial charge < -0.3 is 4.98 Å². The van der Waals surface area contributed by atoms with Gasteiger partial charge in [-0.3, -0.25) is 9.52 Å². The Morgan fingerprint density at radius 2 is 1.78 bits per heavy atom. The van der Waals surface area contributed by atoms with Crippen molar-refractivity contribution in [2.75, 3.05) is 4.72 Å². The van der Waals surface area contributed by atoms with Gasteiger partial charge in [0.15, 0.2) is 4.90 Å². The van der Waals surface area contributed by atoms with Gasteiger partial charge in [0.25, 0.3) is 10.0 Å². The molecule has 5 nitrogen and oxygen atoms in total. The van der Waals surface area contributed by atoms with Crippen LogP contribution in [0.5, 0.6) is 0 Å². The molecule has 0 unspecified atom stereocenters. The van der Waals surface area contributed by atoms with E-state index < -0.39 is 15.5 Å². The first kappa shape index (κ1) is 12.7. The third-order valence-electron chi connectivity index (χ3n) is 2.17. The molecule has 0 fully saturated rings. The molecule has 0 saturated heterocycles. The van der Waals surface area contributed by atoms with Crippen molar-refractivity contribution >= 4 is 27.3 Å². The number of halogens is 1. The summed E-state index contributed by atoms with van der Waals surface area (Å²) >= 11 is 5.69. The van der Waals surface area contributed by atoms with Crippen molar-refractivity contribution in [3.8, 4) is 0 Å². The highest BCUT2D eigenvalue weighted by Crippen LogP contribution is 2.16. The zero-order valence-electron chi connectivity index (χ0n) is 9.05. The van der Waals surface area contributed by atoms with Crippen molar-refractivity contribution in [3.63, 3.8) is 0 Å². The van der Waals surface area contributed by atoms with Gasteiger partial charge in [-0.15, -0.1) is 0 Å². The number of rotatable bonds is 3. The predicted octanol–water partition coefficient (Wildman–Crippen LogP) is 1.83. The van der Waals surface area contributed by atoms with Crippen LogP contribution in [0.1, 0.15) is 0 Å². The van der Waals surface area contributed by atoms with Gasteiger partial charge in [0.05, 0.1) is 0 Å². The summed E-state index contributed by atoms with van der Waals surface area (Å²) in [7, 11) is -3.89. The maximum absolute atomic E-state index is 11.9. The van der Waals surface area contributed by atoms with Crippen LogP contribution in [0.2, 0.25) is 5.02 Å². The van der Waals surface area contributed by atoms with Crippen LogP contribution in [-0.4, -0.2) is 13.4 Å². The Bertz CT molecular complexity index is 708. The van der Waals surface area contributed by atoms with Gasteiger partial charge in [-0.25, -0.2) is 8.42 Å². The lowest BCUT2D eigenvalue weighted by molar-refractivity contribution is 0.600. The van der Waals surface area contributed by atoms with Gasteiger partial charge in [0.1, 0.15) is 0 Å². The molecule has 2 N–H and O–H groups in total. The van der Waals surface area contributed by atoms with Crippen LogP contribution >= 0.6 is 11.6 Å². The van der Waals surface area contributed by atoms with Crippen molar-refractivity contribution < 1.29 is 8.42 Å². The minimum Gasteiger partial charge on any atom is -0.366 e. The molecular formula is C11H9ClN2O3S. The third-order valence-corrected chi connectivity index (χ3v) is 3.83. The molecule has 0 aliphatic rings. The highest BCUT2D eigenvalue weighted by Gasteiger charge is 2.17. The quantitative estimate of drug-likeness (QED) is 0.902. The summed E-state index contributed by atoms with van der Waals surface area (Å²) in [6.45, 7) is 0. The number of aromatic amines is 1. The summed E-state index contributed by atoms with van der Waals surface area (Å²) in [5, 5.41) is 0.496. The van der Waals surface area contributed by atoms with Crippen molar-refractivity contribution in [2.24, 2.45) is 0 Å². The monoisotopic (exact) mass is 284 g/mol. The fraction of sp³-hybridized carbons (Fsp3) is 0. The average Bonchev–Trinajstić information content (AvgIpc) is 2.32. The van der Waals surface area contributed by atoms with E-state index in [0.29, 0.717) is 10.7 Å². The minimum absolute atomic E-state index is 0.333. The number of sulfonamides is 1. The Morgan fingerprint density at radius 1 is 1.11 bits per heavy atom. The lowest BCUT2D eigenvalue weighted by atomic mass is 10.3. The molecule has 1 heterocycles. The summed E-state index contributed by atoms with van der Waals surface area (Å²) in [5.74, 6) is 0. The number of aromatic nitrogens is 1. The summed E-state index contributed by atoms with van der Waals surface area (Å²) in [6, 6.07) is 7.27. The third kappa shape index (κ3) is 2.72. The molecule has 0 bridgehead atoms. The molecule has 0 aliphatic carbocycles. The van der Waals surface area contributed by atoms with E-state index >= 15 is 0 Å². The summed E-state index contributed by atoms with van der Waals surface area (Å²) < 4.78 is 26.2. The van der Waals surface area contributed by atoms with Crippen LogP contribution in [0.15, 0.2) is 52.4 Å². The van der Waals surface area contributed by atoms with Crippen LogP contribution in [0, 0.1) is 0 Å². The van der Waals surface area contributed by atoms with Crippen molar-refractivity contribution in [1.29, 1.82) is 0 Å². The largest absolute Gasteiger partial charge is 0.366 e. The smallest absolute Gasteiger partial charge is 0.267 e. The van der Waals surface area contributed by atoms with E-state index in [0.717, 1.165) is 12.3 Å². The maximum Gasteiger partial charge on any atom is 0.267 e. The molecule has 0 spiro atoms. The second-order valence-corrected chi connectivity index (χ2v) is 5.57. The summed E-state index contributed by atoms with van der Waals surface area (Å²) in [5.41, 5.74) is -0.238. The fourth-order valence-corrected chi connectivity index (χ4v) is 2.58. The van der Waals surface area contributed by atoms with E-state index in [1.165, 1.54) is 18.3 Å². The van der Waals surface area contributed by atoms with Gasteiger partial charge in [-0.05, 0) is 24.3 Å². The first-order valence-electron chi connectivity index (χ1n) is 4.94. The molecule has 0 atom stereocenters. The second-order valence-electron chi connectivity index (χ2n) is 3.49. The zero-order chi connectivity index (χ0) is 13.2. The molecule has 2 rings (SSSR count). The number of hydrogen-bond acceptors (Lipinski definition) is 3. The predicted molar refractivity (Wildman–Crippen MR) is 69.3 cm³/mol. The van der Waals surface area contributed by atoms with E-state index in [1.54, 1.807) is 12.1 Å². The minimum atomic E-state index is -3.89. The number of benzene rings is 1. The number of pyridine rings is 1. The molecule has 0 amide bonds. The summed E-state index contributed by atoms with van der Waals surface area (Å²) in [4.78, 5) is 13.7. The van der Waals surface area contributed by atoms with E-state index in [2.05, 4.69) is 9.71 Å². The standard InChI is InChI=1S/C11H9ClN2O3S/c12-8-1-3-9(4-2-8)14-18(16,17)11-7-13-6-5-10(11)15/h1-7,14H,(H,13,15). The Kier molecular flexibility index (Phi) is 3.40. The molecular weight excluding hydrogens is 276 g/mol. The topological polar surface area (TPSA) is 79.0 Å². The number of hydrogen-bond donors (Lipinski definition) is 2. The molecule has 7 heteroatoms. The second kappa shape index (κ2) is 4.83. The molecule has 1 aromatic heterocycles. The first-order valence-corrected chi connectivity index (χ1v) is 6.81. The van der Waals surface area contributed by atoms with Gasteiger partial charge >= 0.3 is 0 Å². The van der Waals surface area contributed by atoms with Crippen molar-refractivity contribution in [2.45, 2.75) is 4.90 Å². The van der Waals surface area contributed by atoms with Gasteiger partial charge in [0, 0.05) is 29.2 Å². The average molecular weight is 285 g/mol. The van der Waals surface area contributed by atoms with Crippen LogP contribution in [0.4, 0.5) is 5.69 Å². The molecule has 1 aromatic carbocycles. The first-order chi connectivity index (χ1) is 8.49. The van der Waals surface area contributed by atoms with Gasteiger partial charge in [-0.1, -0.05) is 11.6 Å². The van der Waals surface area contributed by atoms with E-state index in [-0.39, 0.29) is 4.90 Å². The molecule has 0 saturated carbocycles. The van der Waals surface area contributed by atoms with Crippen LogP contribution in [-0.2, 0) is 10.0 Å². The lowest BCUT2D eigenvalue weighted by Gasteiger charge is -2.06. The summed E-state index contributed by atoms with van der Waals surface area (Å²) in [6.07, 6.45) is 2.50. The highest BCUT2D eigenvalue weighted by atomic mass is 35.5. The van der Waals surface area contributed by atoms with Gasteiger partial charge in [-0.2, -0.15) is 0 Å². The SMILES string of the molecule is O=c1cc[nH]cc1S(=O)(=O)Nc1ccc(Cl)cc1. The highest BCUT2D eigenvalue weighted by molar-refractivity contribution is 7.92. The van der Waals surface area contributed by atoms with Crippen molar-refractivity contribution in [1.82, 2.24) is 4.98 Å². The number of H-pyrrole nitrogens is 1. The van der Waals surface area contributed by atoms with E-state index in [9.17, 15) is 13.2 Å². The molecule has 2 aromatic rings. The molecule has 0 aliphatic heterocycles.